The fraction of sp³-hybridized carbons (Fsp3) is 0.500. The largest absolute Gasteiger partial charge is 0.352 e. The molecule has 134 valence electrons. The summed E-state index contributed by atoms with van der Waals surface area (Å²) in [6.07, 6.45) is 3.86. The van der Waals surface area contributed by atoms with E-state index in [9.17, 15) is 4.79 Å². The number of carbonyl (C=O) groups is 1. The molecule has 5 heteroatoms. The zero-order valence-corrected chi connectivity index (χ0v) is 15.4. The number of nitrogens with one attached hydrogen (secondary N) is 1. The number of hydrogen-bond acceptors (Lipinski definition) is 3. The molecule has 0 aliphatic carbocycles. The van der Waals surface area contributed by atoms with E-state index in [-0.39, 0.29) is 11.9 Å². The summed E-state index contributed by atoms with van der Waals surface area (Å²) in [5.41, 5.74) is 2.49. The van der Waals surface area contributed by atoms with Crippen LogP contribution in [0.25, 0.3) is 0 Å². The minimum absolute atomic E-state index is 0.0617. The van der Waals surface area contributed by atoms with Crippen molar-refractivity contribution >= 4 is 5.91 Å². The number of imidazole rings is 1. The van der Waals surface area contributed by atoms with E-state index < -0.39 is 0 Å². The lowest BCUT2D eigenvalue weighted by molar-refractivity contribution is -0.119. The second-order valence-corrected chi connectivity index (χ2v) is 7.41. The van der Waals surface area contributed by atoms with Crippen LogP contribution in [0.2, 0.25) is 0 Å². The predicted molar refractivity (Wildman–Crippen MR) is 99.0 cm³/mol. The van der Waals surface area contributed by atoms with Crippen molar-refractivity contribution in [2.75, 3.05) is 13.1 Å². The van der Waals surface area contributed by atoms with Gasteiger partial charge in [0.1, 0.15) is 0 Å². The average molecular weight is 340 g/mol. The monoisotopic (exact) mass is 340 g/mol. The second kappa shape index (κ2) is 7.83. The van der Waals surface area contributed by atoms with Crippen LogP contribution in [0.15, 0.2) is 42.9 Å². The van der Waals surface area contributed by atoms with E-state index in [0.717, 1.165) is 26.2 Å². The zero-order valence-electron chi connectivity index (χ0n) is 15.4. The maximum Gasteiger partial charge on any atom is 0.217 e. The number of carbonyl (C=O) groups excluding carboxylic acids is 1. The Labute approximate surface area is 150 Å². The van der Waals surface area contributed by atoms with Crippen molar-refractivity contribution in [3.63, 3.8) is 0 Å². The van der Waals surface area contributed by atoms with Crippen molar-refractivity contribution in [3.05, 3.63) is 54.1 Å². The molecule has 2 atom stereocenters. The molecule has 1 aliphatic rings. The number of rotatable bonds is 6. The minimum atomic E-state index is 0.0617. The summed E-state index contributed by atoms with van der Waals surface area (Å²) >= 11 is 0. The van der Waals surface area contributed by atoms with Gasteiger partial charge in [0.15, 0.2) is 0 Å². The highest BCUT2D eigenvalue weighted by molar-refractivity contribution is 5.73. The van der Waals surface area contributed by atoms with Crippen molar-refractivity contribution in [2.24, 2.45) is 11.8 Å². The summed E-state index contributed by atoms with van der Waals surface area (Å²) in [5, 5.41) is 3.13. The first-order valence-corrected chi connectivity index (χ1v) is 9.05. The first-order valence-electron chi connectivity index (χ1n) is 9.05. The Bertz CT molecular complexity index is 695. The third-order valence-electron chi connectivity index (χ3n) is 5.07. The molecular formula is C20H28N4O. The van der Waals surface area contributed by atoms with Crippen LogP contribution in [-0.4, -0.2) is 39.5 Å². The smallest absolute Gasteiger partial charge is 0.217 e. The lowest BCUT2D eigenvalue weighted by Crippen LogP contribution is -2.40. The molecule has 0 radical (unpaired) electrons. The molecule has 0 unspecified atom stereocenters. The molecule has 25 heavy (non-hydrogen) atoms. The second-order valence-electron chi connectivity index (χ2n) is 7.41. The molecule has 1 aromatic heterocycles. The van der Waals surface area contributed by atoms with Crippen molar-refractivity contribution in [1.82, 2.24) is 19.8 Å². The van der Waals surface area contributed by atoms with E-state index in [1.807, 2.05) is 18.6 Å². The molecular weight excluding hydrogens is 312 g/mol. The van der Waals surface area contributed by atoms with Crippen molar-refractivity contribution < 1.29 is 4.79 Å². The first kappa shape index (κ1) is 17.7. The summed E-state index contributed by atoms with van der Waals surface area (Å²) in [6.45, 7) is 9.71. The average Bonchev–Trinajstić information content (AvgIpc) is 3.15. The third kappa shape index (κ3) is 4.48. The Balaban J connectivity index is 1.67. The molecule has 3 rings (SSSR count). The first-order chi connectivity index (χ1) is 12.0. The summed E-state index contributed by atoms with van der Waals surface area (Å²) in [6, 6.07) is 10.7. The fourth-order valence-corrected chi connectivity index (χ4v) is 3.76. The number of aromatic nitrogens is 2. The van der Waals surface area contributed by atoms with Crippen molar-refractivity contribution in [2.45, 2.75) is 39.9 Å². The number of amides is 1. The molecule has 5 nitrogen and oxygen atoms in total. The van der Waals surface area contributed by atoms with Gasteiger partial charge in [-0.25, -0.2) is 4.98 Å². The van der Waals surface area contributed by atoms with Crippen LogP contribution in [-0.2, 0) is 17.9 Å². The maximum absolute atomic E-state index is 11.5. The Morgan fingerprint density at radius 3 is 2.68 bits per heavy atom. The molecule has 2 heterocycles. The van der Waals surface area contributed by atoms with Crippen LogP contribution < -0.4 is 5.32 Å². The van der Waals surface area contributed by atoms with Crippen molar-refractivity contribution in [1.29, 1.82) is 0 Å². The third-order valence-corrected chi connectivity index (χ3v) is 5.07. The van der Waals surface area contributed by atoms with E-state index in [0.29, 0.717) is 11.8 Å². The normalized spacial score (nSPS) is 21.0. The van der Waals surface area contributed by atoms with Gasteiger partial charge in [0.25, 0.3) is 0 Å². The van der Waals surface area contributed by atoms with Gasteiger partial charge in [0, 0.05) is 45.3 Å². The highest BCUT2D eigenvalue weighted by Crippen LogP contribution is 2.26. The lowest BCUT2D eigenvalue weighted by Gasteiger charge is -2.22. The zero-order chi connectivity index (χ0) is 17.8. The number of nitrogens with zero attached hydrogens (tertiary/aromatic N) is 3. The van der Waals surface area contributed by atoms with Gasteiger partial charge >= 0.3 is 0 Å². The van der Waals surface area contributed by atoms with Gasteiger partial charge in [-0.05, 0) is 17.4 Å². The number of benzene rings is 1. The van der Waals surface area contributed by atoms with Crippen LogP contribution in [0.4, 0.5) is 0 Å². The van der Waals surface area contributed by atoms with Gasteiger partial charge in [-0.2, -0.15) is 0 Å². The van der Waals surface area contributed by atoms with E-state index in [1.165, 1.54) is 11.3 Å². The Morgan fingerprint density at radius 2 is 2.00 bits per heavy atom. The highest BCUT2D eigenvalue weighted by Gasteiger charge is 2.35. The SMILES string of the molecule is CC(=O)N[C@@H]1CN(Cc2cncn2Cc2ccccc2)C[C@H]1C(C)C. The van der Waals surface area contributed by atoms with Gasteiger partial charge in [-0.3, -0.25) is 9.69 Å². The molecule has 1 amide bonds. The van der Waals surface area contributed by atoms with Crippen LogP contribution in [0, 0.1) is 11.8 Å². The summed E-state index contributed by atoms with van der Waals surface area (Å²) in [4.78, 5) is 18.3. The fourth-order valence-electron chi connectivity index (χ4n) is 3.76. The van der Waals surface area contributed by atoms with Crippen LogP contribution >= 0.6 is 0 Å². The standard InChI is InChI=1S/C20H28N4O/c1-15(2)19-12-23(13-20(19)22-16(3)25)11-18-9-21-14-24(18)10-17-7-5-4-6-8-17/h4-9,14-15,19-20H,10-13H2,1-3H3,(H,22,25)/t19-,20+/m0/s1. The number of likely N-dealkylation sites (tertiary alicyclic amines) is 1. The molecule has 2 aromatic rings. The Hall–Kier alpha value is -2.14. The molecule has 1 aliphatic heterocycles. The summed E-state index contributed by atoms with van der Waals surface area (Å²) in [5.74, 6) is 1.11. The van der Waals surface area contributed by atoms with Crippen LogP contribution in [0.3, 0.4) is 0 Å². The van der Waals surface area contributed by atoms with Gasteiger partial charge in [-0.1, -0.05) is 44.2 Å². The van der Waals surface area contributed by atoms with Gasteiger partial charge in [0.05, 0.1) is 12.0 Å². The van der Waals surface area contributed by atoms with E-state index in [2.05, 4.69) is 57.9 Å². The lowest BCUT2D eigenvalue weighted by atomic mass is 9.91. The Kier molecular flexibility index (Phi) is 5.53. The molecule has 0 spiro atoms. The van der Waals surface area contributed by atoms with Gasteiger partial charge in [0.2, 0.25) is 5.91 Å². The topological polar surface area (TPSA) is 50.2 Å². The van der Waals surface area contributed by atoms with Crippen LogP contribution in [0.5, 0.6) is 0 Å². The van der Waals surface area contributed by atoms with E-state index in [4.69, 9.17) is 0 Å². The summed E-state index contributed by atoms with van der Waals surface area (Å²) < 4.78 is 2.21. The molecule has 1 fully saturated rings. The van der Waals surface area contributed by atoms with E-state index >= 15 is 0 Å². The van der Waals surface area contributed by atoms with Crippen molar-refractivity contribution in [3.8, 4) is 0 Å². The highest BCUT2D eigenvalue weighted by atomic mass is 16.1. The summed E-state index contributed by atoms with van der Waals surface area (Å²) in [7, 11) is 0. The molecule has 0 saturated carbocycles. The molecule has 1 N–H and O–H groups in total. The molecule has 1 saturated heterocycles. The Morgan fingerprint density at radius 1 is 1.24 bits per heavy atom. The number of hydrogen-bond donors (Lipinski definition) is 1. The quantitative estimate of drug-likeness (QED) is 0.879. The molecule has 0 bridgehead atoms. The van der Waals surface area contributed by atoms with E-state index in [1.54, 1.807) is 6.92 Å². The maximum atomic E-state index is 11.5. The van der Waals surface area contributed by atoms with Gasteiger partial charge in [-0.15, -0.1) is 0 Å². The van der Waals surface area contributed by atoms with Gasteiger partial charge < -0.3 is 9.88 Å². The molecule has 1 aromatic carbocycles. The predicted octanol–water partition coefficient (Wildman–Crippen LogP) is 2.52. The van der Waals surface area contributed by atoms with Crippen LogP contribution in [0.1, 0.15) is 32.0 Å². The minimum Gasteiger partial charge on any atom is -0.352 e.